The molecule has 0 aromatic carbocycles. The van der Waals surface area contributed by atoms with Crippen molar-refractivity contribution in [3.8, 4) is 0 Å². The van der Waals surface area contributed by atoms with Gasteiger partial charge in [0.05, 0.1) is 11.9 Å². The molecule has 1 amide bonds. The van der Waals surface area contributed by atoms with Gasteiger partial charge in [-0.15, -0.1) is 0 Å². The number of anilines is 1. The van der Waals surface area contributed by atoms with E-state index in [1.807, 2.05) is 13.8 Å². The zero-order valence-corrected chi connectivity index (χ0v) is 16.6. The van der Waals surface area contributed by atoms with Crippen LogP contribution < -0.4 is 16.0 Å². The van der Waals surface area contributed by atoms with Gasteiger partial charge in [-0.2, -0.15) is 0 Å². The van der Waals surface area contributed by atoms with E-state index < -0.39 is 0 Å². The molecule has 3 N–H and O–H groups in total. The number of pyridine rings is 1. The second-order valence-electron chi connectivity index (χ2n) is 6.99. The molecule has 1 aromatic heterocycles. The second kappa shape index (κ2) is 11.5. The van der Waals surface area contributed by atoms with Crippen LogP contribution in [0.5, 0.6) is 0 Å². The Morgan fingerprint density at radius 1 is 1.30 bits per heavy atom. The number of hydrogen-bond acceptors (Lipinski definition) is 4. The third-order valence-corrected chi connectivity index (χ3v) is 4.95. The van der Waals surface area contributed by atoms with Crippen molar-refractivity contribution in [1.29, 1.82) is 0 Å². The molecule has 7 heteroatoms. The number of nitrogens with zero attached hydrogens (tertiary/aromatic N) is 2. The van der Waals surface area contributed by atoms with E-state index in [4.69, 9.17) is 4.74 Å². The number of guanidine groups is 1. The summed E-state index contributed by atoms with van der Waals surface area (Å²) in [7, 11) is 0. The highest BCUT2D eigenvalue weighted by Gasteiger charge is 2.33. The number of ether oxygens (including phenoxy) is 1. The minimum atomic E-state index is -0.160. The summed E-state index contributed by atoms with van der Waals surface area (Å²) >= 11 is 0. The van der Waals surface area contributed by atoms with E-state index in [9.17, 15) is 4.79 Å². The van der Waals surface area contributed by atoms with E-state index in [1.54, 1.807) is 24.5 Å². The molecule has 1 fully saturated rings. The Bertz CT molecular complexity index is 585. The van der Waals surface area contributed by atoms with Gasteiger partial charge in [0.15, 0.2) is 5.96 Å². The SMILES string of the molecule is CCNC(=NCC(=O)Nc1cccnc1)NCC1(CCOCC)CCCC1. The highest BCUT2D eigenvalue weighted by atomic mass is 16.5. The predicted octanol–water partition coefficient (Wildman–Crippen LogP) is 2.56. The third-order valence-electron chi connectivity index (χ3n) is 4.95. The minimum Gasteiger partial charge on any atom is -0.382 e. The van der Waals surface area contributed by atoms with Gasteiger partial charge < -0.3 is 20.7 Å². The van der Waals surface area contributed by atoms with Gasteiger partial charge in [0.1, 0.15) is 6.54 Å². The zero-order valence-electron chi connectivity index (χ0n) is 16.6. The van der Waals surface area contributed by atoms with Crippen LogP contribution in [0.4, 0.5) is 5.69 Å². The van der Waals surface area contributed by atoms with Gasteiger partial charge in [0, 0.05) is 32.5 Å². The van der Waals surface area contributed by atoms with Crippen molar-refractivity contribution >= 4 is 17.6 Å². The molecule has 2 rings (SSSR count). The molecule has 1 aliphatic carbocycles. The maximum Gasteiger partial charge on any atom is 0.246 e. The number of hydrogen-bond donors (Lipinski definition) is 3. The van der Waals surface area contributed by atoms with Crippen molar-refractivity contribution in [1.82, 2.24) is 15.6 Å². The van der Waals surface area contributed by atoms with Crippen molar-refractivity contribution < 1.29 is 9.53 Å². The molecule has 0 spiro atoms. The first-order valence-electron chi connectivity index (χ1n) is 9.97. The molecule has 0 aliphatic heterocycles. The summed E-state index contributed by atoms with van der Waals surface area (Å²) in [4.78, 5) is 20.5. The summed E-state index contributed by atoms with van der Waals surface area (Å²) in [6.07, 6.45) is 9.33. The fourth-order valence-corrected chi connectivity index (χ4v) is 3.47. The summed E-state index contributed by atoms with van der Waals surface area (Å²) in [5, 5.41) is 9.46. The Morgan fingerprint density at radius 3 is 2.78 bits per heavy atom. The molecule has 0 atom stereocenters. The monoisotopic (exact) mass is 375 g/mol. The maximum absolute atomic E-state index is 12.1. The molecule has 1 saturated carbocycles. The zero-order chi connectivity index (χ0) is 19.4. The van der Waals surface area contributed by atoms with Crippen molar-refractivity contribution in [3.63, 3.8) is 0 Å². The number of rotatable bonds is 10. The van der Waals surface area contributed by atoms with Crippen LogP contribution in [0.2, 0.25) is 0 Å². The fourth-order valence-electron chi connectivity index (χ4n) is 3.47. The Balaban J connectivity index is 1.87. The van der Waals surface area contributed by atoms with Gasteiger partial charge in [-0.25, -0.2) is 4.99 Å². The highest BCUT2D eigenvalue weighted by Crippen LogP contribution is 2.40. The van der Waals surface area contributed by atoms with Crippen molar-refractivity contribution in [2.75, 3.05) is 38.2 Å². The Hall–Kier alpha value is -2.15. The van der Waals surface area contributed by atoms with Gasteiger partial charge in [-0.1, -0.05) is 12.8 Å². The summed E-state index contributed by atoms with van der Waals surface area (Å²) in [6.45, 7) is 7.30. The normalized spacial score (nSPS) is 16.1. The maximum atomic E-state index is 12.1. The van der Waals surface area contributed by atoms with Gasteiger partial charge >= 0.3 is 0 Å². The van der Waals surface area contributed by atoms with E-state index in [1.165, 1.54) is 25.7 Å². The lowest BCUT2D eigenvalue weighted by molar-refractivity contribution is -0.114. The lowest BCUT2D eigenvalue weighted by Gasteiger charge is -2.30. The van der Waals surface area contributed by atoms with Crippen LogP contribution in [-0.4, -0.2) is 49.7 Å². The molecule has 150 valence electrons. The van der Waals surface area contributed by atoms with E-state index in [2.05, 4.69) is 25.9 Å². The lowest BCUT2D eigenvalue weighted by atomic mass is 9.83. The summed E-state index contributed by atoms with van der Waals surface area (Å²) in [5.74, 6) is 0.522. The quantitative estimate of drug-likeness (QED) is 0.332. The summed E-state index contributed by atoms with van der Waals surface area (Å²) in [5.41, 5.74) is 0.944. The average Bonchev–Trinajstić information content (AvgIpc) is 3.14. The molecule has 0 bridgehead atoms. The van der Waals surface area contributed by atoms with Crippen LogP contribution in [0.3, 0.4) is 0 Å². The molecule has 0 unspecified atom stereocenters. The Labute approximate surface area is 162 Å². The number of carbonyl (C=O) groups is 1. The first-order valence-corrected chi connectivity index (χ1v) is 9.97. The van der Waals surface area contributed by atoms with E-state index >= 15 is 0 Å². The van der Waals surface area contributed by atoms with E-state index in [0.717, 1.165) is 32.7 Å². The topological polar surface area (TPSA) is 87.6 Å². The predicted molar refractivity (Wildman–Crippen MR) is 109 cm³/mol. The van der Waals surface area contributed by atoms with Crippen molar-refractivity contribution in [3.05, 3.63) is 24.5 Å². The molecule has 0 saturated heterocycles. The number of nitrogens with one attached hydrogen (secondary N) is 3. The highest BCUT2D eigenvalue weighted by molar-refractivity contribution is 5.93. The first kappa shape index (κ1) is 21.2. The number of aromatic nitrogens is 1. The third kappa shape index (κ3) is 7.54. The lowest BCUT2D eigenvalue weighted by Crippen LogP contribution is -2.43. The van der Waals surface area contributed by atoms with Crippen LogP contribution in [0.25, 0.3) is 0 Å². The van der Waals surface area contributed by atoms with Gasteiger partial charge in [0.25, 0.3) is 0 Å². The van der Waals surface area contributed by atoms with E-state index in [0.29, 0.717) is 11.6 Å². The minimum absolute atomic E-state index is 0.0656. The van der Waals surface area contributed by atoms with Crippen molar-refractivity contribution in [2.45, 2.75) is 46.0 Å². The molecular weight excluding hydrogens is 342 g/mol. The largest absolute Gasteiger partial charge is 0.382 e. The summed E-state index contributed by atoms with van der Waals surface area (Å²) < 4.78 is 5.58. The molecule has 1 aliphatic rings. The van der Waals surface area contributed by atoms with Gasteiger partial charge in [0.2, 0.25) is 5.91 Å². The molecule has 7 nitrogen and oxygen atoms in total. The molecular formula is C20H33N5O2. The fraction of sp³-hybridized carbons (Fsp3) is 0.650. The standard InChI is InChI=1S/C20H33N5O2/c1-3-22-19(23-15-18(26)25-17-8-7-12-21-14-17)24-16-20(9-5-6-10-20)11-13-27-4-2/h7-8,12,14H,3-6,9-11,13,15-16H2,1-2H3,(H,25,26)(H2,22,23,24). The van der Waals surface area contributed by atoms with Crippen LogP contribution >= 0.6 is 0 Å². The Morgan fingerprint density at radius 2 is 2.11 bits per heavy atom. The van der Waals surface area contributed by atoms with Crippen LogP contribution in [-0.2, 0) is 9.53 Å². The van der Waals surface area contributed by atoms with Crippen LogP contribution in [0, 0.1) is 5.41 Å². The smallest absolute Gasteiger partial charge is 0.246 e. The molecule has 27 heavy (non-hydrogen) atoms. The van der Waals surface area contributed by atoms with Crippen LogP contribution in [0.15, 0.2) is 29.5 Å². The molecule has 1 aromatic rings. The molecule has 0 radical (unpaired) electrons. The number of amides is 1. The van der Waals surface area contributed by atoms with E-state index in [-0.39, 0.29) is 17.9 Å². The Kier molecular flexibility index (Phi) is 9.04. The van der Waals surface area contributed by atoms with Gasteiger partial charge in [-0.3, -0.25) is 9.78 Å². The molecule has 1 heterocycles. The second-order valence-corrected chi connectivity index (χ2v) is 6.99. The first-order chi connectivity index (χ1) is 13.2. The number of carbonyl (C=O) groups excluding carboxylic acids is 1. The number of aliphatic imine (C=N–C) groups is 1. The van der Waals surface area contributed by atoms with Crippen LogP contribution in [0.1, 0.15) is 46.0 Å². The summed E-state index contributed by atoms with van der Waals surface area (Å²) in [6, 6.07) is 3.59. The van der Waals surface area contributed by atoms with Gasteiger partial charge in [-0.05, 0) is 50.7 Å². The average molecular weight is 376 g/mol. The van der Waals surface area contributed by atoms with Crippen molar-refractivity contribution in [2.24, 2.45) is 10.4 Å².